The van der Waals surface area contributed by atoms with Crippen molar-refractivity contribution in [2.45, 2.75) is 6.04 Å². The minimum Gasteiger partial charge on any atom is -0.378 e. The van der Waals surface area contributed by atoms with Crippen LogP contribution in [0.25, 0.3) is 0 Å². The Morgan fingerprint density at radius 3 is 3.00 bits per heavy atom. The zero-order chi connectivity index (χ0) is 14.5. The van der Waals surface area contributed by atoms with Crippen LogP contribution in [0, 0.1) is 15.9 Å². The van der Waals surface area contributed by atoms with E-state index in [-0.39, 0.29) is 17.3 Å². The summed E-state index contributed by atoms with van der Waals surface area (Å²) in [6.07, 6.45) is 0. The Balaban J connectivity index is 1.96. The molecule has 1 saturated heterocycles. The molecule has 7 nitrogen and oxygen atoms in total. The van der Waals surface area contributed by atoms with Crippen LogP contribution in [0.2, 0.25) is 0 Å². The fraction of sp³-hybridized carbons (Fsp3) is 0.417. The van der Waals surface area contributed by atoms with Crippen LogP contribution in [-0.4, -0.2) is 43.2 Å². The van der Waals surface area contributed by atoms with E-state index in [1.807, 2.05) is 0 Å². The molecule has 2 N–H and O–H groups in total. The molecule has 0 aliphatic carbocycles. The van der Waals surface area contributed by atoms with Crippen LogP contribution < -0.4 is 10.6 Å². The number of carbonyl (C=O) groups excluding carboxylic acids is 1. The zero-order valence-electron chi connectivity index (χ0n) is 10.6. The third kappa shape index (κ3) is 3.49. The zero-order valence-corrected chi connectivity index (χ0v) is 10.6. The van der Waals surface area contributed by atoms with Gasteiger partial charge in [0.05, 0.1) is 29.8 Å². The van der Waals surface area contributed by atoms with Crippen LogP contribution in [-0.2, 0) is 4.74 Å². The number of morpholine rings is 1. The first-order valence-corrected chi connectivity index (χ1v) is 6.11. The Bertz CT molecular complexity index is 517. The van der Waals surface area contributed by atoms with Gasteiger partial charge in [0, 0.05) is 25.2 Å². The maximum absolute atomic E-state index is 13.6. The molecule has 0 saturated carbocycles. The second-order valence-electron chi connectivity index (χ2n) is 4.36. The summed E-state index contributed by atoms with van der Waals surface area (Å²) >= 11 is 0. The average Bonchev–Trinajstić information content (AvgIpc) is 2.45. The number of halogens is 1. The van der Waals surface area contributed by atoms with Crippen molar-refractivity contribution in [2.75, 3.05) is 26.3 Å². The van der Waals surface area contributed by atoms with Gasteiger partial charge in [0.1, 0.15) is 5.82 Å². The minimum absolute atomic E-state index is 0.0196. The molecule has 1 heterocycles. The number of hydrogen-bond acceptors (Lipinski definition) is 5. The number of carbonyl (C=O) groups is 1. The summed E-state index contributed by atoms with van der Waals surface area (Å²) in [5.41, 5.74) is -0.603. The van der Waals surface area contributed by atoms with Crippen molar-refractivity contribution >= 4 is 11.6 Å². The Hall–Kier alpha value is -2.06. The summed E-state index contributed by atoms with van der Waals surface area (Å²) in [7, 11) is 0. The number of hydrogen-bond donors (Lipinski definition) is 2. The number of nitrogens with zero attached hydrogens (tertiary/aromatic N) is 1. The van der Waals surface area contributed by atoms with Crippen LogP contribution in [0.15, 0.2) is 18.2 Å². The summed E-state index contributed by atoms with van der Waals surface area (Å²) in [4.78, 5) is 21.6. The van der Waals surface area contributed by atoms with Gasteiger partial charge in [-0.2, -0.15) is 0 Å². The van der Waals surface area contributed by atoms with E-state index in [0.717, 1.165) is 18.2 Å². The van der Waals surface area contributed by atoms with Crippen molar-refractivity contribution in [1.82, 2.24) is 10.6 Å². The van der Waals surface area contributed by atoms with Gasteiger partial charge < -0.3 is 15.4 Å². The van der Waals surface area contributed by atoms with E-state index in [1.165, 1.54) is 0 Å². The molecule has 1 aliphatic heterocycles. The molecule has 1 fully saturated rings. The number of nitrogens with one attached hydrogen (secondary N) is 2. The largest absolute Gasteiger partial charge is 0.378 e. The van der Waals surface area contributed by atoms with E-state index < -0.39 is 16.6 Å². The summed E-state index contributed by atoms with van der Waals surface area (Å²) < 4.78 is 18.8. The number of non-ortho nitro benzene ring substituents is 1. The smallest absolute Gasteiger partial charge is 0.272 e. The Labute approximate surface area is 114 Å². The van der Waals surface area contributed by atoms with Crippen molar-refractivity contribution in [3.05, 3.63) is 39.7 Å². The van der Waals surface area contributed by atoms with Gasteiger partial charge >= 0.3 is 0 Å². The topological polar surface area (TPSA) is 93.5 Å². The van der Waals surface area contributed by atoms with E-state index >= 15 is 0 Å². The lowest BCUT2D eigenvalue weighted by atomic mass is 10.1. The lowest BCUT2D eigenvalue weighted by Crippen LogP contribution is -2.48. The highest BCUT2D eigenvalue weighted by atomic mass is 19.1. The SMILES string of the molecule is O=C(NCC1COCCN1)c1ccc([N+](=O)[O-])cc1F. The first-order chi connectivity index (χ1) is 9.58. The summed E-state index contributed by atoms with van der Waals surface area (Å²) in [5, 5.41) is 16.2. The normalized spacial score (nSPS) is 18.6. The summed E-state index contributed by atoms with van der Waals surface area (Å²) in [5.74, 6) is -1.52. The van der Waals surface area contributed by atoms with Crippen molar-refractivity contribution < 1.29 is 18.8 Å². The summed E-state index contributed by atoms with van der Waals surface area (Å²) in [6.45, 7) is 2.10. The molecule has 0 aromatic heterocycles. The van der Waals surface area contributed by atoms with E-state index in [2.05, 4.69) is 10.6 Å². The second-order valence-corrected chi connectivity index (χ2v) is 4.36. The molecule has 108 valence electrons. The molecular weight excluding hydrogens is 269 g/mol. The third-order valence-electron chi connectivity index (χ3n) is 2.92. The maximum Gasteiger partial charge on any atom is 0.272 e. The van der Waals surface area contributed by atoms with Crippen LogP contribution in [0.1, 0.15) is 10.4 Å². The Morgan fingerprint density at radius 2 is 2.40 bits per heavy atom. The highest BCUT2D eigenvalue weighted by molar-refractivity contribution is 5.94. The molecule has 1 aromatic rings. The number of benzene rings is 1. The van der Waals surface area contributed by atoms with Crippen molar-refractivity contribution in [1.29, 1.82) is 0 Å². The fourth-order valence-corrected chi connectivity index (χ4v) is 1.86. The molecule has 0 radical (unpaired) electrons. The lowest BCUT2D eigenvalue weighted by molar-refractivity contribution is -0.385. The van der Waals surface area contributed by atoms with E-state index in [4.69, 9.17) is 4.74 Å². The first kappa shape index (κ1) is 14.4. The average molecular weight is 283 g/mol. The van der Waals surface area contributed by atoms with Crippen molar-refractivity contribution in [2.24, 2.45) is 0 Å². The van der Waals surface area contributed by atoms with Crippen molar-refractivity contribution in [3.63, 3.8) is 0 Å². The second kappa shape index (κ2) is 6.40. The molecule has 1 aromatic carbocycles. The van der Waals surface area contributed by atoms with Gasteiger partial charge in [0.2, 0.25) is 0 Å². The number of ether oxygens (including phenoxy) is 1. The van der Waals surface area contributed by atoms with Crippen molar-refractivity contribution in [3.8, 4) is 0 Å². The molecule has 2 rings (SSSR count). The molecule has 20 heavy (non-hydrogen) atoms. The first-order valence-electron chi connectivity index (χ1n) is 6.11. The maximum atomic E-state index is 13.6. The predicted octanol–water partition coefficient (Wildman–Crippen LogP) is 0.452. The molecule has 1 amide bonds. The van der Waals surface area contributed by atoms with Crippen LogP contribution in [0.4, 0.5) is 10.1 Å². The molecule has 0 bridgehead atoms. The number of nitro groups is 1. The van der Waals surface area contributed by atoms with Gasteiger partial charge in [-0.3, -0.25) is 14.9 Å². The van der Waals surface area contributed by atoms with Gasteiger partial charge in [-0.25, -0.2) is 4.39 Å². The number of rotatable bonds is 4. The van der Waals surface area contributed by atoms with Gasteiger partial charge in [-0.15, -0.1) is 0 Å². The number of amides is 1. The Morgan fingerprint density at radius 1 is 1.60 bits per heavy atom. The van der Waals surface area contributed by atoms with Gasteiger partial charge in [-0.1, -0.05) is 0 Å². The highest BCUT2D eigenvalue weighted by Gasteiger charge is 2.18. The summed E-state index contributed by atoms with van der Waals surface area (Å²) in [6, 6.07) is 2.92. The number of nitro benzene ring substituents is 1. The standard InChI is InChI=1S/C12H14FN3O4/c13-11-5-9(16(18)19)1-2-10(11)12(17)15-6-8-7-20-4-3-14-8/h1-2,5,8,14H,3-4,6-7H2,(H,15,17). The molecule has 1 aliphatic rings. The van der Waals surface area contributed by atoms with E-state index in [1.54, 1.807) is 0 Å². The Kier molecular flexibility index (Phi) is 4.59. The van der Waals surface area contributed by atoms with E-state index in [9.17, 15) is 19.3 Å². The van der Waals surface area contributed by atoms with Crippen LogP contribution in [0.3, 0.4) is 0 Å². The molecular formula is C12H14FN3O4. The lowest BCUT2D eigenvalue weighted by Gasteiger charge is -2.23. The molecule has 0 spiro atoms. The van der Waals surface area contributed by atoms with Crippen LogP contribution in [0.5, 0.6) is 0 Å². The molecule has 8 heteroatoms. The van der Waals surface area contributed by atoms with Crippen LogP contribution >= 0.6 is 0 Å². The predicted molar refractivity (Wildman–Crippen MR) is 68.0 cm³/mol. The molecule has 1 atom stereocenters. The highest BCUT2D eigenvalue weighted by Crippen LogP contribution is 2.16. The van der Waals surface area contributed by atoms with E-state index in [0.29, 0.717) is 26.3 Å². The quantitative estimate of drug-likeness (QED) is 0.618. The van der Waals surface area contributed by atoms with Gasteiger partial charge in [0.15, 0.2) is 0 Å². The van der Waals surface area contributed by atoms with Gasteiger partial charge in [0.25, 0.3) is 11.6 Å². The van der Waals surface area contributed by atoms with Gasteiger partial charge in [-0.05, 0) is 6.07 Å². The third-order valence-corrected chi connectivity index (χ3v) is 2.92. The monoisotopic (exact) mass is 283 g/mol. The minimum atomic E-state index is -0.912. The fourth-order valence-electron chi connectivity index (χ4n) is 1.86. The molecule has 1 unspecified atom stereocenters.